The van der Waals surface area contributed by atoms with E-state index >= 15 is 0 Å². The zero-order valence-electron chi connectivity index (χ0n) is 8.96. The van der Waals surface area contributed by atoms with Crippen LogP contribution < -0.4 is 5.32 Å². The van der Waals surface area contributed by atoms with Crippen molar-refractivity contribution in [3.63, 3.8) is 0 Å². The summed E-state index contributed by atoms with van der Waals surface area (Å²) in [5.41, 5.74) is 2.65. The minimum Gasteiger partial charge on any atom is -0.382 e. The molecule has 1 aromatic carbocycles. The van der Waals surface area contributed by atoms with Gasteiger partial charge in [0.1, 0.15) is 0 Å². The van der Waals surface area contributed by atoms with Gasteiger partial charge in [-0.15, -0.1) is 0 Å². The van der Waals surface area contributed by atoms with E-state index in [9.17, 15) is 0 Å². The molecule has 0 heterocycles. The third-order valence-electron chi connectivity index (χ3n) is 2.37. The van der Waals surface area contributed by atoms with Crippen LogP contribution in [0.25, 0.3) is 0 Å². The normalized spacial score (nSPS) is 15.9. The van der Waals surface area contributed by atoms with Crippen molar-refractivity contribution < 1.29 is 0 Å². The smallest absolute Gasteiger partial charge is 0.0345 e. The molecular formula is C12H18N2. The van der Waals surface area contributed by atoms with Crippen LogP contribution in [0.4, 0.5) is 5.69 Å². The van der Waals surface area contributed by atoms with Crippen LogP contribution in [0.3, 0.4) is 0 Å². The summed E-state index contributed by atoms with van der Waals surface area (Å²) in [5.74, 6) is 0. The summed E-state index contributed by atoms with van der Waals surface area (Å²) < 4.78 is 0. The molecular weight excluding hydrogens is 172 g/mol. The van der Waals surface area contributed by atoms with E-state index in [0.29, 0.717) is 0 Å². The van der Waals surface area contributed by atoms with Gasteiger partial charge in [0.25, 0.3) is 0 Å². The number of hydrogen-bond acceptors (Lipinski definition) is 2. The van der Waals surface area contributed by atoms with Crippen LogP contribution in [0.5, 0.6) is 0 Å². The Morgan fingerprint density at radius 2 is 2.14 bits per heavy atom. The first-order chi connectivity index (χ1) is 6.74. The van der Waals surface area contributed by atoms with Gasteiger partial charge in [0, 0.05) is 18.3 Å². The summed E-state index contributed by atoms with van der Waals surface area (Å²) in [6.07, 6.45) is 2.66. The fourth-order valence-electron chi connectivity index (χ4n) is 1.59. The average molecular weight is 190 g/mol. The molecule has 0 unspecified atom stereocenters. The number of rotatable bonds is 4. The van der Waals surface area contributed by atoms with Crippen molar-refractivity contribution in [1.29, 1.82) is 0 Å². The molecule has 1 N–H and O–H groups in total. The van der Waals surface area contributed by atoms with E-state index in [1.54, 1.807) is 0 Å². The molecule has 1 saturated carbocycles. The molecule has 2 rings (SSSR count). The van der Waals surface area contributed by atoms with Gasteiger partial charge < -0.3 is 10.2 Å². The zero-order chi connectivity index (χ0) is 9.97. The maximum absolute atomic E-state index is 3.51. The molecule has 14 heavy (non-hydrogen) atoms. The van der Waals surface area contributed by atoms with Crippen molar-refractivity contribution in [1.82, 2.24) is 4.90 Å². The highest BCUT2D eigenvalue weighted by Gasteiger charge is 2.20. The number of hydrogen-bond donors (Lipinski definition) is 1. The highest BCUT2D eigenvalue weighted by Crippen LogP contribution is 2.25. The van der Waals surface area contributed by atoms with Crippen molar-refractivity contribution in [3.8, 4) is 0 Å². The predicted octanol–water partition coefficient (Wildman–Crippen LogP) is 2.32. The number of anilines is 1. The third kappa shape index (κ3) is 2.74. The van der Waals surface area contributed by atoms with Gasteiger partial charge in [-0.1, -0.05) is 12.1 Å². The largest absolute Gasteiger partial charge is 0.382 e. The molecule has 2 nitrogen and oxygen atoms in total. The van der Waals surface area contributed by atoms with E-state index < -0.39 is 0 Å². The molecule has 2 heteroatoms. The molecule has 0 atom stereocenters. The molecule has 1 aliphatic carbocycles. The van der Waals surface area contributed by atoms with Gasteiger partial charge in [-0.2, -0.15) is 0 Å². The summed E-state index contributed by atoms with van der Waals surface area (Å²) in [6, 6.07) is 9.45. The van der Waals surface area contributed by atoms with Crippen LogP contribution in [0, 0.1) is 0 Å². The quantitative estimate of drug-likeness (QED) is 0.784. The maximum atomic E-state index is 3.51. The van der Waals surface area contributed by atoms with Crippen molar-refractivity contribution in [3.05, 3.63) is 29.8 Å². The molecule has 76 valence electrons. The summed E-state index contributed by atoms with van der Waals surface area (Å²) >= 11 is 0. The summed E-state index contributed by atoms with van der Waals surface area (Å²) in [5, 5.41) is 3.51. The summed E-state index contributed by atoms with van der Waals surface area (Å²) in [6.45, 7) is 1.01. The number of nitrogens with zero attached hydrogens (tertiary/aromatic N) is 1. The van der Waals surface area contributed by atoms with E-state index in [2.05, 4.69) is 48.6 Å². The average Bonchev–Trinajstić information content (AvgIpc) is 2.87. The van der Waals surface area contributed by atoms with E-state index in [-0.39, 0.29) is 0 Å². The van der Waals surface area contributed by atoms with Gasteiger partial charge in [0.15, 0.2) is 0 Å². The third-order valence-corrected chi connectivity index (χ3v) is 2.37. The van der Waals surface area contributed by atoms with Crippen molar-refractivity contribution in [2.45, 2.75) is 25.4 Å². The Labute approximate surface area is 85.9 Å². The Bertz CT molecular complexity index is 284. The van der Waals surface area contributed by atoms with Crippen LogP contribution in [-0.2, 0) is 6.54 Å². The molecule has 0 aliphatic heterocycles. The van der Waals surface area contributed by atoms with E-state index in [4.69, 9.17) is 0 Å². The van der Waals surface area contributed by atoms with Gasteiger partial charge in [0.2, 0.25) is 0 Å². The molecule has 0 amide bonds. The fourth-order valence-corrected chi connectivity index (χ4v) is 1.59. The van der Waals surface area contributed by atoms with Crippen LogP contribution in [0.15, 0.2) is 24.3 Å². The van der Waals surface area contributed by atoms with E-state index in [1.807, 2.05) is 0 Å². The second-order valence-corrected chi connectivity index (χ2v) is 4.36. The van der Waals surface area contributed by atoms with Gasteiger partial charge in [-0.3, -0.25) is 0 Å². The minimum atomic E-state index is 0.740. The van der Waals surface area contributed by atoms with Crippen LogP contribution >= 0.6 is 0 Å². The molecule has 0 aromatic heterocycles. The maximum Gasteiger partial charge on any atom is 0.0345 e. The first kappa shape index (κ1) is 9.53. The lowest BCUT2D eigenvalue weighted by molar-refractivity contribution is 0.402. The summed E-state index contributed by atoms with van der Waals surface area (Å²) in [7, 11) is 4.20. The first-order valence-corrected chi connectivity index (χ1v) is 5.24. The van der Waals surface area contributed by atoms with Gasteiger partial charge >= 0.3 is 0 Å². The Morgan fingerprint density at radius 1 is 1.36 bits per heavy atom. The van der Waals surface area contributed by atoms with Gasteiger partial charge in [-0.05, 0) is 44.6 Å². The lowest BCUT2D eigenvalue weighted by Gasteiger charge is -2.11. The highest BCUT2D eigenvalue weighted by atomic mass is 15.0. The Balaban J connectivity index is 2.01. The van der Waals surface area contributed by atoms with E-state index in [1.165, 1.54) is 24.1 Å². The van der Waals surface area contributed by atoms with Gasteiger partial charge in [-0.25, -0.2) is 0 Å². The number of nitrogens with one attached hydrogen (secondary N) is 1. The highest BCUT2D eigenvalue weighted by molar-refractivity contribution is 5.47. The van der Waals surface area contributed by atoms with Crippen LogP contribution in [-0.4, -0.2) is 25.0 Å². The Morgan fingerprint density at radius 3 is 2.79 bits per heavy atom. The lowest BCUT2D eigenvalue weighted by atomic mass is 10.2. The first-order valence-electron chi connectivity index (χ1n) is 5.24. The predicted molar refractivity (Wildman–Crippen MR) is 60.5 cm³/mol. The van der Waals surface area contributed by atoms with Crippen LogP contribution in [0.2, 0.25) is 0 Å². The molecule has 1 fully saturated rings. The zero-order valence-corrected chi connectivity index (χ0v) is 8.96. The molecule has 0 radical (unpaired) electrons. The topological polar surface area (TPSA) is 15.3 Å². The summed E-state index contributed by atoms with van der Waals surface area (Å²) in [4.78, 5) is 2.19. The molecule has 0 saturated heterocycles. The number of benzene rings is 1. The minimum absolute atomic E-state index is 0.740. The lowest BCUT2D eigenvalue weighted by Crippen LogP contribution is -2.11. The Kier molecular flexibility index (Phi) is 2.73. The standard InChI is InChI=1S/C12H18N2/c1-14(2)9-10-4-3-5-12(8-10)13-11-6-7-11/h3-5,8,11,13H,6-7,9H2,1-2H3. The second kappa shape index (κ2) is 4.01. The second-order valence-electron chi connectivity index (χ2n) is 4.36. The fraction of sp³-hybridized carbons (Fsp3) is 0.500. The molecule has 1 aromatic rings. The molecule has 1 aliphatic rings. The monoisotopic (exact) mass is 190 g/mol. The van der Waals surface area contributed by atoms with Gasteiger partial charge in [0.05, 0.1) is 0 Å². The van der Waals surface area contributed by atoms with Crippen molar-refractivity contribution in [2.75, 3.05) is 19.4 Å². The molecule has 0 spiro atoms. The SMILES string of the molecule is CN(C)Cc1cccc(NC2CC2)c1. The van der Waals surface area contributed by atoms with Crippen molar-refractivity contribution >= 4 is 5.69 Å². The Hall–Kier alpha value is -1.02. The van der Waals surface area contributed by atoms with Crippen LogP contribution in [0.1, 0.15) is 18.4 Å². The van der Waals surface area contributed by atoms with E-state index in [0.717, 1.165) is 12.6 Å². The molecule has 0 bridgehead atoms. The van der Waals surface area contributed by atoms with Crippen molar-refractivity contribution in [2.24, 2.45) is 0 Å².